The lowest BCUT2D eigenvalue weighted by molar-refractivity contribution is 1.54. The molecule has 0 saturated heterocycles. The zero-order chi connectivity index (χ0) is 17.8. The number of hydrogen-bond donors (Lipinski definition) is 1. The third-order valence-corrected chi connectivity index (χ3v) is 4.64. The van der Waals surface area contributed by atoms with Crippen LogP contribution in [0.25, 0.3) is 11.1 Å². The number of rotatable bonds is 4. The normalized spacial score (nSPS) is 14.3. The van der Waals surface area contributed by atoms with Gasteiger partial charge in [0.15, 0.2) is 0 Å². The first-order valence-electron chi connectivity index (χ1n) is 8.44. The number of anilines is 1. The first-order valence-corrected chi connectivity index (χ1v) is 8.81. The molecule has 27 heavy (non-hydrogen) atoms. The Morgan fingerprint density at radius 2 is 1.33 bits per heavy atom. The van der Waals surface area contributed by atoms with E-state index in [1.165, 1.54) is 0 Å². The lowest BCUT2D eigenvalue weighted by Crippen LogP contribution is -1.90. The monoisotopic (exact) mass is 392 g/mol. The fourth-order valence-electron chi connectivity index (χ4n) is 2.94. The van der Waals surface area contributed by atoms with E-state index in [0.29, 0.717) is 5.03 Å². The smallest absolute Gasteiger partial charge is 0.0629 e. The van der Waals surface area contributed by atoms with Crippen molar-refractivity contribution in [3.8, 4) is 0 Å². The average molecular weight is 393 g/mol. The van der Waals surface area contributed by atoms with Gasteiger partial charge in [-0.2, -0.15) is 0 Å². The number of nitrogens with one attached hydrogen (secondary N) is 1. The van der Waals surface area contributed by atoms with Crippen molar-refractivity contribution >= 4 is 52.7 Å². The molecule has 0 heterocycles. The van der Waals surface area contributed by atoms with Crippen LogP contribution < -0.4 is 5.32 Å². The van der Waals surface area contributed by atoms with Crippen LogP contribution in [-0.2, 0) is 0 Å². The fourth-order valence-corrected chi connectivity index (χ4v) is 3.25. The molecule has 1 aliphatic carbocycles. The minimum atomic E-state index is 0. The highest BCUT2D eigenvalue weighted by molar-refractivity contribution is 6.46. The van der Waals surface area contributed by atoms with Crippen molar-refractivity contribution in [1.82, 2.24) is 0 Å². The summed E-state index contributed by atoms with van der Waals surface area (Å²) >= 11 is 6.72. The van der Waals surface area contributed by atoms with Crippen molar-refractivity contribution in [3.63, 3.8) is 0 Å². The number of aliphatic imine (C=N–C) groups is 1. The Labute approximate surface area is 170 Å². The van der Waals surface area contributed by atoms with E-state index in [4.69, 9.17) is 11.6 Å². The highest BCUT2D eigenvalue weighted by Crippen LogP contribution is 2.42. The van der Waals surface area contributed by atoms with E-state index in [1.807, 2.05) is 85.2 Å². The Balaban J connectivity index is 0.00000210. The van der Waals surface area contributed by atoms with Crippen LogP contribution in [0, 0.1) is 0 Å². The van der Waals surface area contributed by atoms with E-state index >= 15 is 0 Å². The van der Waals surface area contributed by atoms with Crippen LogP contribution in [0.3, 0.4) is 0 Å². The molecule has 0 bridgehead atoms. The van der Waals surface area contributed by atoms with Gasteiger partial charge in [-0.05, 0) is 35.4 Å². The van der Waals surface area contributed by atoms with Crippen molar-refractivity contribution in [2.45, 2.75) is 0 Å². The van der Waals surface area contributed by atoms with Crippen LogP contribution >= 0.6 is 24.0 Å². The van der Waals surface area contributed by atoms with Crippen LogP contribution in [0.15, 0.2) is 101 Å². The Bertz CT molecular complexity index is 1010. The Kier molecular flexibility index (Phi) is 6.12. The maximum Gasteiger partial charge on any atom is 0.0629 e. The Hall–Kier alpha value is -2.81. The summed E-state index contributed by atoms with van der Waals surface area (Å²) in [5.74, 6) is 0. The van der Waals surface area contributed by atoms with Crippen LogP contribution in [-0.4, -0.2) is 6.21 Å². The molecule has 4 rings (SSSR count). The van der Waals surface area contributed by atoms with Crippen molar-refractivity contribution in [2.24, 2.45) is 4.99 Å². The first kappa shape index (κ1) is 19.0. The van der Waals surface area contributed by atoms with Gasteiger partial charge in [-0.25, -0.2) is 0 Å². The maximum atomic E-state index is 6.72. The number of fused-ring (bicyclic) bond motifs is 1. The summed E-state index contributed by atoms with van der Waals surface area (Å²) in [7, 11) is 0. The SMILES string of the molecule is Cl.ClC1=C(C=Nc2ccccc2)c2ccccc2/C1=C/Nc1ccccc1. The van der Waals surface area contributed by atoms with Crippen molar-refractivity contribution < 1.29 is 0 Å². The minimum absolute atomic E-state index is 0. The summed E-state index contributed by atoms with van der Waals surface area (Å²) in [6.45, 7) is 0. The maximum absolute atomic E-state index is 6.72. The van der Waals surface area contributed by atoms with Gasteiger partial charge in [-0.3, -0.25) is 4.99 Å². The van der Waals surface area contributed by atoms with E-state index in [1.54, 1.807) is 0 Å². The van der Waals surface area contributed by atoms with Gasteiger partial charge >= 0.3 is 0 Å². The number of halogens is 2. The van der Waals surface area contributed by atoms with Gasteiger partial charge < -0.3 is 5.32 Å². The molecule has 134 valence electrons. The zero-order valence-electron chi connectivity index (χ0n) is 14.5. The molecule has 4 heteroatoms. The Morgan fingerprint density at radius 1 is 0.741 bits per heavy atom. The van der Waals surface area contributed by atoms with Gasteiger partial charge in [0.05, 0.1) is 10.7 Å². The summed E-state index contributed by atoms with van der Waals surface area (Å²) < 4.78 is 0. The molecule has 1 N–H and O–H groups in total. The summed E-state index contributed by atoms with van der Waals surface area (Å²) in [6.07, 6.45) is 3.81. The quantitative estimate of drug-likeness (QED) is 0.478. The van der Waals surface area contributed by atoms with Gasteiger partial charge in [0, 0.05) is 29.2 Å². The minimum Gasteiger partial charge on any atom is -0.361 e. The molecule has 2 nitrogen and oxygen atoms in total. The molecule has 0 aliphatic heterocycles. The number of benzene rings is 3. The number of nitrogens with zero attached hydrogens (tertiary/aromatic N) is 1. The van der Waals surface area contributed by atoms with E-state index in [9.17, 15) is 0 Å². The van der Waals surface area contributed by atoms with Crippen LogP contribution in [0.2, 0.25) is 0 Å². The van der Waals surface area contributed by atoms with Gasteiger partial charge in [0.2, 0.25) is 0 Å². The van der Waals surface area contributed by atoms with E-state index in [0.717, 1.165) is 33.6 Å². The zero-order valence-corrected chi connectivity index (χ0v) is 16.0. The average Bonchev–Trinajstić information content (AvgIpc) is 2.97. The first-order chi connectivity index (χ1) is 12.8. The third-order valence-electron chi connectivity index (χ3n) is 4.24. The molecule has 0 amide bonds. The summed E-state index contributed by atoms with van der Waals surface area (Å²) in [4.78, 5) is 4.58. The summed E-state index contributed by atoms with van der Waals surface area (Å²) in [6, 6.07) is 28.1. The molecule has 0 aromatic heterocycles. The number of hydrogen-bond acceptors (Lipinski definition) is 2. The molecule has 3 aromatic carbocycles. The van der Waals surface area contributed by atoms with Crippen LogP contribution in [0.1, 0.15) is 11.1 Å². The lowest BCUT2D eigenvalue weighted by atomic mass is 10.0. The largest absolute Gasteiger partial charge is 0.361 e. The highest BCUT2D eigenvalue weighted by atomic mass is 35.5. The van der Waals surface area contributed by atoms with Gasteiger partial charge in [0.1, 0.15) is 0 Å². The molecule has 0 fully saturated rings. The molecular formula is C23H18Cl2N2. The molecular weight excluding hydrogens is 375 g/mol. The van der Waals surface area contributed by atoms with Crippen LogP contribution in [0.4, 0.5) is 11.4 Å². The predicted octanol–water partition coefficient (Wildman–Crippen LogP) is 6.93. The van der Waals surface area contributed by atoms with E-state index < -0.39 is 0 Å². The molecule has 0 unspecified atom stereocenters. The predicted molar refractivity (Wildman–Crippen MR) is 119 cm³/mol. The number of para-hydroxylation sites is 2. The topological polar surface area (TPSA) is 24.4 Å². The molecule has 3 aromatic rings. The van der Waals surface area contributed by atoms with Gasteiger partial charge in [-0.15, -0.1) is 12.4 Å². The second-order valence-corrected chi connectivity index (χ2v) is 6.31. The lowest BCUT2D eigenvalue weighted by Gasteiger charge is -2.04. The molecule has 0 spiro atoms. The van der Waals surface area contributed by atoms with E-state index in [-0.39, 0.29) is 12.4 Å². The van der Waals surface area contributed by atoms with Crippen LogP contribution in [0.5, 0.6) is 0 Å². The second kappa shape index (κ2) is 8.72. The summed E-state index contributed by atoms with van der Waals surface area (Å²) in [5, 5.41) is 4.03. The van der Waals surface area contributed by atoms with Gasteiger partial charge in [0.25, 0.3) is 0 Å². The fraction of sp³-hybridized carbons (Fsp3) is 0. The number of allylic oxidation sites excluding steroid dienone is 3. The second-order valence-electron chi connectivity index (χ2n) is 5.94. The third kappa shape index (κ3) is 4.13. The van der Waals surface area contributed by atoms with Crippen molar-refractivity contribution in [2.75, 3.05) is 5.32 Å². The standard InChI is InChI=1S/C23H17ClN2.ClH/c24-23-21(15-25-17-9-3-1-4-10-17)19-13-7-8-14-20(19)22(23)16-26-18-11-5-2-6-12-18;/h1-16,25H;1H/b21-15-,26-16?;. The molecule has 0 atom stereocenters. The molecule has 0 saturated carbocycles. The Morgan fingerprint density at radius 3 is 2.04 bits per heavy atom. The van der Waals surface area contributed by atoms with Gasteiger partial charge in [-0.1, -0.05) is 72.3 Å². The molecule has 1 aliphatic rings. The molecule has 0 radical (unpaired) electrons. The summed E-state index contributed by atoms with van der Waals surface area (Å²) in [5.41, 5.74) is 6.04. The highest BCUT2D eigenvalue weighted by Gasteiger charge is 2.23. The van der Waals surface area contributed by atoms with Crippen molar-refractivity contribution in [1.29, 1.82) is 0 Å². The van der Waals surface area contributed by atoms with Crippen molar-refractivity contribution in [3.05, 3.63) is 107 Å². The van der Waals surface area contributed by atoms with E-state index in [2.05, 4.69) is 22.4 Å².